The highest BCUT2D eigenvalue weighted by Gasteiger charge is 2.17. The molecule has 24 heavy (non-hydrogen) atoms. The first-order valence-electron chi connectivity index (χ1n) is 8.56. The van der Waals surface area contributed by atoms with Crippen LogP contribution in [0.25, 0.3) is 0 Å². The number of rotatable bonds is 11. The number of hydrogen-bond donors (Lipinski definition) is 1. The van der Waals surface area contributed by atoms with E-state index in [0.29, 0.717) is 18.8 Å². The van der Waals surface area contributed by atoms with Gasteiger partial charge in [0, 0.05) is 45.8 Å². The summed E-state index contributed by atoms with van der Waals surface area (Å²) in [7, 11) is 3.36. The third-order valence-corrected chi connectivity index (χ3v) is 3.61. The molecular weight excluding hydrogens is 308 g/mol. The summed E-state index contributed by atoms with van der Waals surface area (Å²) in [5.41, 5.74) is 2.66. The van der Waals surface area contributed by atoms with Crippen molar-refractivity contribution in [3.05, 3.63) is 22.9 Å². The number of methoxy groups -OCH3 is 1. The fourth-order valence-electron chi connectivity index (χ4n) is 2.45. The van der Waals surface area contributed by atoms with E-state index in [1.54, 1.807) is 20.4 Å². The van der Waals surface area contributed by atoms with Crippen LogP contribution >= 0.6 is 0 Å². The van der Waals surface area contributed by atoms with Crippen LogP contribution in [0.3, 0.4) is 0 Å². The second kappa shape index (κ2) is 12.7. The van der Waals surface area contributed by atoms with Gasteiger partial charge in [-0.2, -0.15) is 0 Å². The van der Waals surface area contributed by atoms with Crippen molar-refractivity contribution in [2.24, 2.45) is 4.99 Å². The van der Waals surface area contributed by atoms with Gasteiger partial charge in [-0.05, 0) is 44.3 Å². The molecule has 0 aromatic heterocycles. The van der Waals surface area contributed by atoms with Gasteiger partial charge in [-0.1, -0.05) is 0 Å². The summed E-state index contributed by atoms with van der Waals surface area (Å²) in [4.78, 5) is 16.3. The molecule has 0 saturated carbocycles. The smallest absolute Gasteiger partial charge is 0.340 e. The van der Waals surface area contributed by atoms with Crippen LogP contribution in [0.1, 0.15) is 32.6 Å². The standard InChI is InChI=1S/C18H30N2O4/c1-4-23-11-12-24-18(21)17(14-19-2)15-7-5-8-16(13-15)20-9-6-10-22-3/h13-14,20H,4-12H2,1-3H3/b17-15+,19-14+. The van der Waals surface area contributed by atoms with E-state index in [1.165, 1.54) is 0 Å². The topological polar surface area (TPSA) is 69.2 Å². The van der Waals surface area contributed by atoms with Gasteiger partial charge in [0.2, 0.25) is 0 Å². The number of esters is 1. The first kappa shape index (κ1) is 20.4. The van der Waals surface area contributed by atoms with Crippen LogP contribution in [0.5, 0.6) is 0 Å². The minimum Gasteiger partial charge on any atom is -0.460 e. The van der Waals surface area contributed by atoms with Gasteiger partial charge in [-0.25, -0.2) is 4.79 Å². The molecule has 0 aromatic carbocycles. The molecule has 0 spiro atoms. The molecule has 1 aliphatic carbocycles. The van der Waals surface area contributed by atoms with E-state index in [-0.39, 0.29) is 12.6 Å². The molecule has 0 saturated heterocycles. The zero-order valence-electron chi connectivity index (χ0n) is 15.1. The van der Waals surface area contributed by atoms with Crippen molar-refractivity contribution in [2.75, 3.05) is 47.1 Å². The number of carbonyl (C=O) groups is 1. The van der Waals surface area contributed by atoms with Crippen molar-refractivity contribution in [1.82, 2.24) is 5.32 Å². The Hall–Kier alpha value is -1.66. The van der Waals surface area contributed by atoms with Crippen LogP contribution in [0.15, 0.2) is 27.9 Å². The Balaban J connectivity index is 2.72. The van der Waals surface area contributed by atoms with E-state index in [1.807, 2.05) is 6.92 Å². The first-order chi connectivity index (χ1) is 11.7. The molecule has 6 heteroatoms. The van der Waals surface area contributed by atoms with Crippen molar-refractivity contribution < 1.29 is 19.0 Å². The lowest BCUT2D eigenvalue weighted by Crippen LogP contribution is -2.20. The van der Waals surface area contributed by atoms with Gasteiger partial charge < -0.3 is 19.5 Å². The monoisotopic (exact) mass is 338 g/mol. The van der Waals surface area contributed by atoms with E-state index in [9.17, 15) is 4.79 Å². The molecule has 0 bridgehead atoms. The molecule has 0 radical (unpaired) electrons. The van der Waals surface area contributed by atoms with E-state index in [4.69, 9.17) is 14.2 Å². The molecule has 0 heterocycles. The fourth-order valence-corrected chi connectivity index (χ4v) is 2.45. The highest BCUT2D eigenvalue weighted by Crippen LogP contribution is 2.23. The summed E-state index contributed by atoms with van der Waals surface area (Å²) in [5.74, 6) is -0.341. The van der Waals surface area contributed by atoms with Gasteiger partial charge in [-0.15, -0.1) is 0 Å². The second-order valence-corrected chi connectivity index (χ2v) is 5.46. The van der Waals surface area contributed by atoms with Crippen molar-refractivity contribution in [1.29, 1.82) is 0 Å². The lowest BCUT2D eigenvalue weighted by molar-refractivity contribution is -0.139. The zero-order valence-corrected chi connectivity index (χ0v) is 15.1. The quantitative estimate of drug-likeness (QED) is 0.271. The predicted octanol–water partition coefficient (Wildman–Crippen LogP) is 2.26. The molecule has 0 aromatic rings. The number of ether oxygens (including phenoxy) is 3. The molecule has 1 N–H and O–H groups in total. The molecule has 6 nitrogen and oxygen atoms in total. The molecule has 0 unspecified atom stereocenters. The average molecular weight is 338 g/mol. The Morgan fingerprint density at radius 3 is 2.88 bits per heavy atom. The summed E-state index contributed by atoms with van der Waals surface area (Å²) >= 11 is 0. The van der Waals surface area contributed by atoms with Crippen LogP contribution in [-0.2, 0) is 19.0 Å². The van der Waals surface area contributed by atoms with Crippen LogP contribution in [0.2, 0.25) is 0 Å². The van der Waals surface area contributed by atoms with Crippen LogP contribution < -0.4 is 5.32 Å². The maximum absolute atomic E-state index is 12.3. The van der Waals surface area contributed by atoms with E-state index >= 15 is 0 Å². The molecule has 0 fully saturated rings. The lowest BCUT2D eigenvalue weighted by atomic mass is 9.95. The molecule has 1 rings (SSSR count). The maximum atomic E-state index is 12.3. The first-order valence-corrected chi connectivity index (χ1v) is 8.56. The molecule has 0 amide bonds. The third kappa shape index (κ3) is 7.75. The number of hydrogen-bond acceptors (Lipinski definition) is 6. The van der Waals surface area contributed by atoms with Crippen LogP contribution in [-0.4, -0.2) is 59.3 Å². The SMILES string of the molecule is CCOCCOC(=O)C(/C=N/C)=C1/C=C(NCCCOC)CCC1. The lowest BCUT2D eigenvalue weighted by Gasteiger charge is -2.19. The number of allylic oxidation sites excluding steroid dienone is 3. The minimum atomic E-state index is -0.341. The molecule has 0 atom stereocenters. The molecular formula is C18H30N2O4. The summed E-state index contributed by atoms with van der Waals surface area (Å²) in [5, 5.41) is 3.41. The molecule has 136 valence electrons. The highest BCUT2D eigenvalue weighted by molar-refractivity contribution is 6.10. The summed E-state index contributed by atoms with van der Waals surface area (Å²) in [6, 6.07) is 0. The average Bonchev–Trinajstić information content (AvgIpc) is 2.60. The second-order valence-electron chi connectivity index (χ2n) is 5.46. The van der Waals surface area contributed by atoms with Crippen molar-refractivity contribution >= 4 is 12.2 Å². The summed E-state index contributed by atoms with van der Waals surface area (Å²) < 4.78 is 15.5. The van der Waals surface area contributed by atoms with Crippen LogP contribution in [0.4, 0.5) is 0 Å². The highest BCUT2D eigenvalue weighted by atomic mass is 16.6. The van der Waals surface area contributed by atoms with Gasteiger partial charge in [0.15, 0.2) is 0 Å². The van der Waals surface area contributed by atoms with E-state index in [0.717, 1.165) is 50.1 Å². The zero-order chi connectivity index (χ0) is 17.6. The van der Waals surface area contributed by atoms with E-state index in [2.05, 4.69) is 16.4 Å². The predicted molar refractivity (Wildman–Crippen MR) is 95.3 cm³/mol. The van der Waals surface area contributed by atoms with Gasteiger partial charge in [0.25, 0.3) is 0 Å². The van der Waals surface area contributed by atoms with Gasteiger partial charge in [0.05, 0.1) is 12.2 Å². The summed E-state index contributed by atoms with van der Waals surface area (Å²) in [6.45, 7) is 4.80. The Kier molecular flexibility index (Phi) is 10.8. The van der Waals surface area contributed by atoms with E-state index < -0.39 is 0 Å². The third-order valence-electron chi connectivity index (χ3n) is 3.61. The van der Waals surface area contributed by atoms with Crippen molar-refractivity contribution in [3.8, 4) is 0 Å². The Bertz CT molecular complexity index is 470. The van der Waals surface area contributed by atoms with Gasteiger partial charge in [0.1, 0.15) is 6.61 Å². The summed E-state index contributed by atoms with van der Waals surface area (Å²) in [6.07, 6.45) is 7.44. The van der Waals surface area contributed by atoms with Gasteiger partial charge in [-0.3, -0.25) is 4.99 Å². The Morgan fingerprint density at radius 2 is 2.17 bits per heavy atom. The fraction of sp³-hybridized carbons (Fsp3) is 0.667. The number of aliphatic imine (C=N–C) groups is 1. The largest absolute Gasteiger partial charge is 0.460 e. The minimum absolute atomic E-state index is 0.257. The molecule has 0 aliphatic heterocycles. The number of nitrogens with one attached hydrogen (secondary N) is 1. The number of carbonyl (C=O) groups excluding carboxylic acids is 1. The number of nitrogens with zero attached hydrogens (tertiary/aromatic N) is 1. The Morgan fingerprint density at radius 1 is 1.33 bits per heavy atom. The van der Waals surface area contributed by atoms with Crippen LogP contribution in [0, 0.1) is 0 Å². The van der Waals surface area contributed by atoms with Gasteiger partial charge >= 0.3 is 5.97 Å². The van der Waals surface area contributed by atoms with Crippen molar-refractivity contribution in [2.45, 2.75) is 32.6 Å². The molecule has 1 aliphatic rings. The normalized spacial score (nSPS) is 16.9. The Labute approximate surface area is 145 Å². The van der Waals surface area contributed by atoms with Crippen molar-refractivity contribution in [3.63, 3.8) is 0 Å². The maximum Gasteiger partial charge on any atom is 0.340 e.